The zero-order valence-electron chi connectivity index (χ0n) is 15.2. The van der Waals surface area contributed by atoms with Crippen molar-refractivity contribution in [1.82, 2.24) is 14.8 Å². The minimum Gasteiger partial charge on any atom is -0.507 e. The van der Waals surface area contributed by atoms with Crippen LogP contribution < -0.4 is 15.2 Å². The number of fused-ring (bicyclic) bond motifs is 1. The van der Waals surface area contributed by atoms with E-state index in [1.807, 2.05) is 30.3 Å². The van der Waals surface area contributed by atoms with Crippen LogP contribution in [0.3, 0.4) is 0 Å². The smallest absolute Gasteiger partial charge is 0.343 e. The Morgan fingerprint density at radius 2 is 1.93 bits per heavy atom. The molecule has 0 saturated heterocycles. The number of hydrogen-bond acceptors (Lipinski definition) is 5. The number of H-pyrrole nitrogens is 1. The SMILES string of the molecule is CC(C)c1ccc(O)c(-c2n[nH]c(=O)n2Cc2ccc3c(c2)OCCO3)c1. The van der Waals surface area contributed by atoms with E-state index in [2.05, 4.69) is 24.0 Å². The van der Waals surface area contributed by atoms with Crippen LogP contribution in [0.5, 0.6) is 17.2 Å². The van der Waals surface area contributed by atoms with Gasteiger partial charge in [-0.15, -0.1) is 0 Å². The highest BCUT2D eigenvalue weighted by Gasteiger charge is 2.18. The van der Waals surface area contributed by atoms with Crippen LogP contribution in [0, 0.1) is 0 Å². The summed E-state index contributed by atoms with van der Waals surface area (Å²) in [6, 6.07) is 11.0. The van der Waals surface area contributed by atoms with Gasteiger partial charge in [0.2, 0.25) is 0 Å². The second-order valence-corrected chi connectivity index (χ2v) is 6.85. The fourth-order valence-corrected chi connectivity index (χ4v) is 3.13. The third-order valence-electron chi connectivity index (χ3n) is 4.63. The number of ether oxygens (including phenoxy) is 2. The van der Waals surface area contributed by atoms with E-state index < -0.39 is 0 Å². The van der Waals surface area contributed by atoms with Crippen molar-refractivity contribution in [2.75, 3.05) is 13.2 Å². The number of benzene rings is 2. The molecule has 0 saturated carbocycles. The molecule has 1 aliphatic rings. The molecule has 0 unspecified atom stereocenters. The predicted molar refractivity (Wildman–Crippen MR) is 101 cm³/mol. The van der Waals surface area contributed by atoms with Gasteiger partial charge in [0.15, 0.2) is 17.3 Å². The number of aromatic hydroxyl groups is 1. The molecule has 27 heavy (non-hydrogen) atoms. The summed E-state index contributed by atoms with van der Waals surface area (Å²) in [6.07, 6.45) is 0. The van der Waals surface area contributed by atoms with E-state index >= 15 is 0 Å². The molecule has 7 heteroatoms. The highest BCUT2D eigenvalue weighted by molar-refractivity contribution is 5.65. The van der Waals surface area contributed by atoms with Crippen molar-refractivity contribution in [3.63, 3.8) is 0 Å². The van der Waals surface area contributed by atoms with Crippen molar-refractivity contribution in [2.24, 2.45) is 0 Å². The number of aromatic amines is 1. The second-order valence-electron chi connectivity index (χ2n) is 6.85. The number of nitrogens with one attached hydrogen (secondary N) is 1. The van der Waals surface area contributed by atoms with Gasteiger partial charge in [0.25, 0.3) is 0 Å². The number of hydrogen-bond donors (Lipinski definition) is 2. The van der Waals surface area contributed by atoms with Gasteiger partial charge in [-0.25, -0.2) is 9.89 Å². The number of aromatic nitrogens is 3. The van der Waals surface area contributed by atoms with Crippen LogP contribution >= 0.6 is 0 Å². The highest BCUT2D eigenvalue weighted by atomic mass is 16.6. The fourth-order valence-electron chi connectivity index (χ4n) is 3.13. The maximum absolute atomic E-state index is 12.3. The first-order valence-electron chi connectivity index (χ1n) is 8.90. The van der Waals surface area contributed by atoms with Crippen molar-refractivity contribution in [2.45, 2.75) is 26.3 Å². The van der Waals surface area contributed by atoms with E-state index in [9.17, 15) is 9.90 Å². The van der Waals surface area contributed by atoms with E-state index in [1.54, 1.807) is 6.07 Å². The lowest BCUT2D eigenvalue weighted by molar-refractivity contribution is 0.171. The molecule has 2 aromatic carbocycles. The molecule has 2 heterocycles. The Morgan fingerprint density at radius 1 is 1.15 bits per heavy atom. The second kappa shape index (κ2) is 6.83. The van der Waals surface area contributed by atoms with Crippen LogP contribution in [-0.2, 0) is 6.54 Å². The van der Waals surface area contributed by atoms with Gasteiger partial charge in [-0.3, -0.25) is 4.57 Å². The summed E-state index contributed by atoms with van der Waals surface area (Å²) in [4.78, 5) is 12.3. The third-order valence-corrected chi connectivity index (χ3v) is 4.63. The van der Waals surface area contributed by atoms with Crippen molar-refractivity contribution in [3.05, 3.63) is 58.0 Å². The lowest BCUT2D eigenvalue weighted by Crippen LogP contribution is -2.19. The first-order valence-corrected chi connectivity index (χ1v) is 8.90. The zero-order valence-corrected chi connectivity index (χ0v) is 15.2. The molecule has 0 bridgehead atoms. The topological polar surface area (TPSA) is 89.4 Å². The van der Waals surface area contributed by atoms with Gasteiger partial charge in [0, 0.05) is 0 Å². The van der Waals surface area contributed by atoms with Crippen LogP contribution in [0.2, 0.25) is 0 Å². The average molecular weight is 367 g/mol. The Balaban J connectivity index is 1.73. The molecule has 3 aromatic rings. The lowest BCUT2D eigenvalue weighted by atomic mass is 10.00. The average Bonchev–Trinajstić information content (AvgIpc) is 3.02. The molecule has 2 N–H and O–H groups in total. The van der Waals surface area contributed by atoms with E-state index in [4.69, 9.17) is 9.47 Å². The van der Waals surface area contributed by atoms with Gasteiger partial charge in [-0.05, 0) is 41.3 Å². The van der Waals surface area contributed by atoms with Crippen molar-refractivity contribution >= 4 is 0 Å². The molecule has 0 fully saturated rings. The minimum atomic E-state index is -0.339. The highest BCUT2D eigenvalue weighted by Crippen LogP contribution is 2.33. The molecule has 140 valence electrons. The summed E-state index contributed by atoms with van der Waals surface area (Å²) in [5.74, 6) is 2.14. The summed E-state index contributed by atoms with van der Waals surface area (Å²) in [5, 5.41) is 16.9. The molecule has 7 nitrogen and oxygen atoms in total. The Kier molecular flexibility index (Phi) is 4.35. The lowest BCUT2D eigenvalue weighted by Gasteiger charge is -2.19. The molecule has 0 spiro atoms. The Bertz CT molecular complexity index is 1040. The first kappa shape index (κ1) is 17.2. The molecular weight excluding hydrogens is 346 g/mol. The molecular formula is C20H21N3O4. The van der Waals surface area contributed by atoms with Crippen LogP contribution in [0.1, 0.15) is 30.9 Å². The molecule has 1 aliphatic heterocycles. The zero-order chi connectivity index (χ0) is 19.0. The van der Waals surface area contributed by atoms with Crippen LogP contribution in [0.4, 0.5) is 0 Å². The molecule has 0 aliphatic carbocycles. The summed E-state index contributed by atoms with van der Waals surface area (Å²) < 4.78 is 12.7. The van der Waals surface area contributed by atoms with E-state index in [0.717, 1.165) is 11.1 Å². The maximum atomic E-state index is 12.3. The standard InChI is InChI=1S/C20H21N3O4/c1-12(2)14-4-5-16(24)15(10-14)19-21-22-20(25)23(19)11-13-3-6-17-18(9-13)27-8-7-26-17/h3-6,9-10,12,24H,7-8,11H2,1-2H3,(H,22,25). The largest absolute Gasteiger partial charge is 0.507 e. The summed E-state index contributed by atoms with van der Waals surface area (Å²) in [6.45, 7) is 5.48. The molecule has 0 amide bonds. The number of phenols is 1. The number of rotatable bonds is 4. The normalized spacial score (nSPS) is 13.1. The minimum absolute atomic E-state index is 0.0850. The summed E-state index contributed by atoms with van der Waals surface area (Å²) >= 11 is 0. The Morgan fingerprint density at radius 3 is 2.70 bits per heavy atom. The van der Waals surface area contributed by atoms with Crippen LogP contribution in [0.15, 0.2) is 41.2 Å². The fraction of sp³-hybridized carbons (Fsp3) is 0.300. The quantitative estimate of drug-likeness (QED) is 0.740. The number of phenolic OH excluding ortho intramolecular Hbond substituents is 1. The van der Waals surface area contributed by atoms with E-state index in [0.29, 0.717) is 48.6 Å². The van der Waals surface area contributed by atoms with Crippen LogP contribution in [-0.4, -0.2) is 33.1 Å². The first-order chi connectivity index (χ1) is 13.0. The number of nitrogens with zero attached hydrogens (tertiary/aromatic N) is 2. The van der Waals surface area contributed by atoms with Crippen LogP contribution in [0.25, 0.3) is 11.4 Å². The summed E-state index contributed by atoms with van der Waals surface area (Å²) in [7, 11) is 0. The van der Waals surface area contributed by atoms with E-state index in [-0.39, 0.29) is 11.4 Å². The molecule has 0 radical (unpaired) electrons. The summed E-state index contributed by atoms with van der Waals surface area (Å²) in [5.41, 5.74) is 2.12. The van der Waals surface area contributed by atoms with Gasteiger partial charge < -0.3 is 14.6 Å². The molecule has 1 aromatic heterocycles. The van der Waals surface area contributed by atoms with Crippen molar-refractivity contribution in [1.29, 1.82) is 0 Å². The molecule has 4 rings (SSSR count). The Labute approximate surface area is 156 Å². The van der Waals surface area contributed by atoms with Crippen molar-refractivity contribution < 1.29 is 14.6 Å². The monoisotopic (exact) mass is 367 g/mol. The van der Waals surface area contributed by atoms with Gasteiger partial charge in [-0.1, -0.05) is 26.0 Å². The van der Waals surface area contributed by atoms with Crippen molar-refractivity contribution in [3.8, 4) is 28.6 Å². The third kappa shape index (κ3) is 3.28. The van der Waals surface area contributed by atoms with Gasteiger partial charge in [0.1, 0.15) is 19.0 Å². The van der Waals surface area contributed by atoms with E-state index in [1.165, 1.54) is 4.57 Å². The Hall–Kier alpha value is -3.22. The van der Waals surface area contributed by atoms with Gasteiger partial charge in [-0.2, -0.15) is 5.10 Å². The van der Waals surface area contributed by atoms with Gasteiger partial charge >= 0.3 is 5.69 Å². The molecule has 0 atom stereocenters. The maximum Gasteiger partial charge on any atom is 0.343 e. The predicted octanol–water partition coefficient (Wildman–Crippen LogP) is 2.89. The van der Waals surface area contributed by atoms with Gasteiger partial charge in [0.05, 0.1) is 12.1 Å².